The van der Waals surface area contributed by atoms with Gasteiger partial charge in [-0.15, -0.1) is 0 Å². The lowest BCUT2D eigenvalue weighted by atomic mass is 9.99. The highest BCUT2D eigenvalue weighted by molar-refractivity contribution is 9.10. The zero-order chi connectivity index (χ0) is 10.0. The fourth-order valence-corrected chi connectivity index (χ4v) is 1.92. The first-order chi connectivity index (χ1) is 6.04. The number of aliphatic hydroxyl groups excluding tert-OH is 1. The first-order valence-electron chi connectivity index (χ1n) is 4.12. The van der Waals surface area contributed by atoms with E-state index in [9.17, 15) is 5.11 Å². The van der Waals surface area contributed by atoms with Crippen LogP contribution in [0.3, 0.4) is 0 Å². The topological polar surface area (TPSA) is 20.2 Å². The Bertz CT molecular complexity index is 311. The Labute approximate surface area is 87.2 Å². The predicted molar refractivity (Wildman–Crippen MR) is 58.7 cm³/mol. The second-order valence-electron chi connectivity index (χ2n) is 3.22. The lowest BCUT2D eigenvalue weighted by molar-refractivity contribution is 0.214. The molecule has 0 saturated heterocycles. The monoisotopic (exact) mass is 240 g/mol. The summed E-state index contributed by atoms with van der Waals surface area (Å²) in [4.78, 5) is 0. The number of hydrogen-bond donors (Lipinski definition) is 1. The third-order valence-corrected chi connectivity index (χ3v) is 2.70. The predicted octanol–water partition coefficient (Wildman–Crippen LogP) is 3.37. The number of aliphatic hydroxyl groups is 1. The Morgan fingerprint density at radius 3 is 2.62 bits per heavy atom. The highest BCUT2D eigenvalue weighted by Gasteiger charge is 2.13. The van der Waals surface area contributed by atoms with E-state index >= 15 is 0 Å². The third kappa shape index (κ3) is 2.20. The van der Waals surface area contributed by atoms with Gasteiger partial charge in [-0.2, -0.15) is 0 Å². The molecule has 1 rings (SSSR count). The Hall–Kier alpha value is -0.600. The van der Waals surface area contributed by atoms with Crippen LogP contribution < -0.4 is 0 Å². The number of halogens is 1. The molecule has 0 aliphatic carbocycles. The summed E-state index contributed by atoms with van der Waals surface area (Å²) >= 11 is 3.41. The number of benzene rings is 1. The molecule has 70 valence electrons. The van der Waals surface area contributed by atoms with Crippen molar-refractivity contribution in [2.45, 2.75) is 20.0 Å². The first-order valence-corrected chi connectivity index (χ1v) is 4.92. The van der Waals surface area contributed by atoms with Crippen molar-refractivity contribution in [2.75, 3.05) is 0 Å². The van der Waals surface area contributed by atoms with Crippen LogP contribution in [0.15, 0.2) is 34.8 Å². The molecular weight excluding hydrogens is 228 g/mol. The van der Waals surface area contributed by atoms with Crippen LogP contribution in [-0.4, -0.2) is 5.11 Å². The largest absolute Gasteiger partial charge is 0.384 e. The van der Waals surface area contributed by atoms with Gasteiger partial charge in [0, 0.05) is 10.0 Å². The minimum Gasteiger partial charge on any atom is -0.384 e. The van der Waals surface area contributed by atoms with Gasteiger partial charge in [-0.25, -0.2) is 0 Å². The molecule has 1 nitrogen and oxygen atoms in total. The maximum absolute atomic E-state index is 9.83. The highest BCUT2D eigenvalue weighted by atomic mass is 79.9. The number of hydrogen-bond acceptors (Lipinski definition) is 1. The van der Waals surface area contributed by atoms with Crippen LogP contribution in [0.2, 0.25) is 0 Å². The van der Waals surface area contributed by atoms with Crippen molar-refractivity contribution in [3.63, 3.8) is 0 Å². The molecule has 0 saturated carbocycles. The van der Waals surface area contributed by atoms with Crippen LogP contribution in [0.1, 0.15) is 24.2 Å². The summed E-state index contributed by atoms with van der Waals surface area (Å²) in [5, 5.41) is 9.83. The Balaban J connectivity index is 3.20. The van der Waals surface area contributed by atoms with Crippen molar-refractivity contribution in [3.05, 3.63) is 46.0 Å². The van der Waals surface area contributed by atoms with Crippen LogP contribution in [0.5, 0.6) is 0 Å². The van der Waals surface area contributed by atoms with Gasteiger partial charge in [-0.1, -0.05) is 34.6 Å². The third-order valence-electron chi connectivity index (χ3n) is 2.01. The summed E-state index contributed by atoms with van der Waals surface area (Å²) in [5.74, 6) is 0. The lowest BCUT2D eigenvalue weighted by Gasteiger charge is -2.15. The van der Waals surface area contributed by atoms with E-state index in [1.54, 1.807) is 0 Å². The molecule has 0 aromatic heterocycles. The average Bonchev–Trinajstić information content (AvgIpc) is 2.03. The normalized spacial score (nSPS) is 12.6. The summed E-state index contributed by atoms with van der Waals surface area (Å²) in [6, 6.07) is 5.86. The van der Waals surface area contributed by atoms with Gasteiger partial charge in [0.05, 0.1) is 0 Å². The Morgan fingerprint density at radius 1 is 1.54 bits per heavy atom. The second-order valence-corrected chi connectivity index (χ2v) is 4.07. The molecule has 0 aliphatic heterocycles. The van der Waals surface area contributed by atoms with Gasteiger partial charge >= 0.3 is 0 Å². The molecule has 0 spiro atoms. The van der Waals surface area contributed by atoms with Crippen molar-refractivity contribution < 1.29 is 5.11 Å². The van der Waals surface area contributed by atoms with Gasteiger partial charge in [0.15, 0.2) is 0 Å². The number of rotatable bonds is 2. The summed E-state index contributed by atoms with van der Waals surface area (Å²) < 4.78 is 0.933. The molecule has 0 fully saturated rings. The minimum atomic E-state index is -0.574. The smallest absolute Gasteiger partial charge is 0.101 e. The molecule has 1 N–H and O–H groups in total. The molecule has 0 aliphatic rings. The molecule has 1 aromatic carbocycles. The van der Waals surface area contributed by atoms with Gasteiger partial charge in [0.1, 0.15) is 6.10 Å². The Kier molecular flexibility index (Phi) is 3.28. The van der Waals surface area contributed by atoms with E-state index in [4.69, 9.17) is 0 Å². The maximum atomic E-state index is 9.83. The molecule has 13 heavy (non-hydrogen) atoms. The summed E-state index contributed by atoms with van der Waals surface area (Å²) in [6.07, 6.45) is -0.574. The Morgan fingerprint density at radius 2 is 2.15 bits per heavy atom. The molecule has 0 heterocycles. The van der Waals surface area contributed by atoms with Gasteiger partial charge < -0.3 is 5.11 Å². The summed E-state index contributed by atoms with van der Waals surface area (Å²) in [5.41, 5.74) is 2.75. The molecule has 0 radical (unpaired) electrons. The molecule has 1 unspecified atom stereocenters. The van der Waals surface area contributed by atoms with E-state index in [0.29, 0.717) is 0 Å². The van der Waals surface area contributed by atoms with Crippen LogP contribution in [-0.2, 0) is 0 Å². The van der Waals surface area contributed by atoms with Crippen molar-refractivity contribution in [1.82, 2.24) is 0 Å². The standard InChI is InChI=1S/C11H13BrO/c1-7(2)11(13)10-8(3)5-4-6-9(10)12/h4-6,11,13H,1H2,2-3H3. The molecule has 2 heteroatoms. The maximum Gasteiger partial charge on any atom is 0.101 e. The van der Waals surface area contributed by atoms with Gasteiger partial charge in [0.2, 0.25) is 0 Å². The quantitative estimate of drug-likeness (QED) is 0.787. The van der Waals surface area contributed by atoms with E-state index in [1.807, 2.05) is 32.0 Å². The van der Waals surface area contributed by atoms with Gasteiger partial charge in [-0.05, 0) is 31.1 Å². The van der Waals surface area contributed by atoms with Gasteiger partial charge in [-0.3, -0.25) is 0 Å². The molecule has 0 bridgehead atoms. The highest BCUT2D eigenvalue weighted by Crippen LogP contribution is 2.30. The SMILES string of the molecule is C=C(C)C(O)c1c(C)cccc1Br. The first kappa shape index (κ1) is 10.5. The molecule has 1 atom stereocenters. The van der Waals surface area contributed by atoms with E-state index < -0.39 is 6.10 Å². The van der Waals surface area contributed by atoms with Crippen molar-refractivity contribution in [1.29, 1.82) is 0 Å². The van der Waals surface area contributed by atoms with E-state index in [0.717, 1.165) is 21.2 Å². The van der Waals surface area contributed by atoms with Crippen LogP contribution in [0.25, 0.3) is 0 Å². The van der Waals surface area contributed by atoms with E-state index in [1.165, 1.54) is 0 Å². The zero-order valence-corrected chi connectivity index (χ0v) is 9.43. The summed E-state index contributed by atoms with van der Waals surface area (Å²) in [7, 11) is 0. The van der Waals surface area contributed by atoms with Crippen molar-refractivity contribution in [3.8, 4) is 0 Å². The minimum absolute atomic E-state index is 0.574. The zero-order valence-electron chi connectivity index (χ0n) is 7.84. The fourth-order valence-electron chi connectivity index (χ4n) is 1.24. The number of aryl methyl sites for hydroxylation is 1. The molecular formula is C11H13BrO. The van der Waals surface area contributed by atoms with Crippen molar-refractivity contribution in [2.24, 2.45) is 0 Å². The summed E-state index contributed by atoms with van der Waals surface area (Å²) in [6.45, 7) is 7.54. The van der Waals surface area contributed by atoms with Crippen LogP contribution in [0.4, 0.5) is 0 Å². The molecule has 0 amide bonds. The van der Waals surface area contributed by atoms with E-state index in [-0.39, 0.29) is 0 Å². The van der Waals surface area contributed by atoms with Crippen LogP contribution >= 0.6 is 15.9 Å². The van der Waals surface area contributed by atoms with Crippen molar-refractivity contribution >= 4 is 15.9 Å². The van der Waals surface area contributed by atoms with E-state index in [2.05, 4.69) is 22.5 Å². The molecule has 1 aromatic rings. The van der Waals surface area contributed by atoms with Gasteiger partial charge in [0.25, 0.3) is 0 Å². The second kappa shape index (κ2) is 4.07. The lowest BCUT2D eigenvalue weighted by Crippen LogP contribution is -2.01. The fraction of sp³-hybridized carbons (Fsp3) is 0.273. The average molecular weight is 241 g/mol. The van der Waals surface area contributed by atoms with Crippen LogP contribution in [0, 0.1) is 6.92 Å².